The van der Waals surface area contributed by atoms with Crippen LogP contribution in [0.5, 0.6) is 0 Å². The molecule has 0 spiro atoms. The number of methoxy groups -OCH3 is 1. The monoisotopic (exact) mass is 268 g/mol. The van der Waals surface area contributed by atoms with E-state index in [2.05, 4.69) is 26.9 Å². The van der Waals surface area contributed by atoms with Crippen LogP contribution in [0.15, 0.2) is 29.5 Å². The summed E-state index contributed by atoms with van der Waals surface area (Å²) in [5, 5.41) is 4.18. The van der Waals surface area contributed by atoms with Crippen LogP contribution >= 0.6 is 0 Å². The van der Waals surface area contributed by atoms with Gasteiger partial charge in [0.1, 0.15) is 0 Å². The van der Waals surface area contributed by atoms with E-state index in [9.17, 15) is 4.79 Å². The Labute approximate surface area is 115 Å². The fourth-order valence-electron chi connectivity index (χ4n) is 1.79. The third-order valence-corrected chi connectivity index (χ3v) is 2.72. The predicted molar refractivity (Wildman–Crippen MR) is 75.1 cm³/mol. The zero-order chi connectivity index (χ0) is 14.4. The highest BCUT2D eigenvalue weighted by Gasteiger charge is 2.11. The molecule has 0 amide bonds. The summed E-state index contributed by atoms with van der Waals surface area (Å²) < 4.78 is 4.73. The lowest BCUT2D eigenvalue weighted by molar-refractivity contribution is 0.0603. The predicted octanol–water partition coefficient (Wildman–Crippen LogP) is 3.01. The van der Waals surface area contributed by atoms with Crippen molar-refractivity contribution in [3.63, 3.8) is 0 Å². The minimum absolute atomic E-state index is 0.351. The van der Waals surface area contributed by atoms with Gasteiger partial charge < -0.3 is 9.72 Å². The molecule has 0 saturated heterocycles. The topological polar surface area (TPSA) is 90.9 Å². The molecule has 0 radical (unpaired) electrons. The van der Waals surface area contributed by atoms with Gasteiger partial charge >= 0.3 is 5.97 Å². The van der Waals surface area contributed by atoms with E-state index in [1.54, 1.807) is 6.20 Å². The molecule has 0 fully saturated rings. The number of ether oxygens (including phenoxy) is 1. The van der Waals surface area contributed by atoms with Crippen molar-refractivity contribution >= 4 is 16.9 Å². The van der Waals surface area contributed by atoms with Crippen LogP contribution in [0.2, 0.25) is 0 Å². The highest BCUT2D eigenvalue weighted by atomic mass is 16.5. The van der Waals surface area contributed by atoms with Crippen molar-refractivity contribution in [2.45, 2.75) is 6.42 Å². The molecule has 0 aliphatic heterocycles. The molecule has 100 valence electrons. The number of rotatable bonds is 3. The number of azide groups is 1. The van der Waals surface area contributed by atoms with Crippen LogP contribution in [0, 0.1) is 11.8 Å². The Kier molecular flexibility index (Phi) is 4.28. The first kappa shape index (κ1) is 13.5. The Morgan fingerprint density at radius 3 is 3.15 bits per heavy atom. The fourth-order valence-corrected chi connectivity index (χ4v) is 1.79. The molecule has 6 heteroatoms. The SMILES string of the molecule is COC(=O)c1c[nH]c2ccc(C#CCCN=[N+]=[N-])cc12. The summed E-state index contributed by atoms with van der Waals surface area (Å²) in [5.74, 6) is 5.50. The summed E-state index contributed by atoms with van der Waals surface area (Å²) in [6.07, 6.45) is 2.12. The van der Waals surface area contributed by atoms with Gasteiger partial charge in [-0.2, -0.15) is 0 Å². The molecular formula is C14H12N4O2. The summed E-state index contributed by atoms with van der Waals surface area (Å²) >= 11 is 0. The molecule has 1 aromatic carbocycles. The van der Waals surface area contributed by atoms with Crippen molar-refractivity contribution < 1.29 is 9.53 Å². The minimum atomic E-state index is -0.385. The molecule has 0 bridgehead atoms. The molecular weight excluding hydrogens is 256 g/mol. The number of aromatic amines is 1. The molecule has 0 aliphatic rings. The van der Waals surface area contributed by atoms with Crippen molar-refractivity contribution in [2.75, 3.05) is 13.7 Å². The molecule has 20 heavy (non-hydrogen) atoms. The number of carbonyl (C=O) groups is 1. The first-order valence-corrected chi connectivity index (χ1v) is 5.95. The van der Waals surface area contributed by atoms with Crippen LogP contribution in [0.25, 0.3) is 21.3 Å². The van der Waals surface area contributed by atoms with E-state index in [1.165, 1.54) is 7.11 Å². The highest BCUT2D eigenvalue weighted by Crippen LogP contribution is 2.20. The second-order valence-electron chi connectivity index (χ2n) is 3.96. The van der Waals surface area contributed by atoms with Gasteiger partial charge in [0.05, 0.1) is 12.7 Å². The van der Waals surface area contributed by atoms with E-state index >= 15 is 0 Å². The van der Waals surface area contributed by atoms with Gasteiger partial charge in [0.15, 0.2) is 0 Å². The number of hydrogen-bond acceptors (Lipinski definition) is 3. The van der Waals surface area contributed by atoms with Crippen molar-refractivity contribution in [2.24, 2.45) is 5.11 Å². The van der Waals surface area contributed by atoms with Gasteiger partial charge in [-0.25, -0.2) is 4.79 Å². The number of hydrogen-bond donors (Lipinski definition) is 1. The zero-order valence-corrected chi connectivity index (χ0v) is 10.9. The second-order valence-corrected chi connectivity index (χ2v) is 3.96. The van der Waals surface area contributed by atoms with Crippen LogP contribution in [-0.4, -0.2) is 24.6 Å². The molecule has 0 unspecified atom stereocenters. The number of fused-ring (bicyclic) bond motifs is 1. The standard InChI is InChI=1S/C14H12N4O2/c1-20-14(19)12-9-16-13-6-5-10(8-11(12)13)4-2-3-7-17-18-15/h5-6,8-9,16H,3,7H2,1H3. The normalized spacial score (nSPS) is 9.45. The van der Waals surface area contributed by atoms with Gasteiger partial charge in [-0.3, -0.25) is 0 Å². The summed E-state index contributed by atoms with van der Waals surface area (Å²) in [6.45, 7) is 0.351. The molecule has 0 aliphatic carbocycles. The number of carbonyl (C=O) groups excluding carboxylic acids is 1. The number of nitrogens with zero attached hydrogens (tertiary/aromatic N) is 3. The number of aromatic nitrogens is 1. The maximum atomic E-state index is 11.6. The van der Waals surface area contributed by atoms with Gasteiger partial charge in [0, 0.05) is 40.5 Å². The highest BCUT2D eigenvalue weighted by molar-refractivity contribution is 6.04. The first-order valence-electron chi connectivity index (χ1n) is 5.95. The zero-order valence-electron chi connectivity index (χ0n) is 10.9. The molecule has 1 aromatic heterocycles. The average Bonchev–Trinajstić information content (AvgIpc) is 2.89. The summed E-state index contributed by atoms with van der Waals surface area (Å²) in [6, 6.07) is 5.55. The fraction of sp³-hybridized carbons (Fsp3) is 0.214. The van der Waals surface area contributed by atoms with E-state index in [-0.39, 0.29) is 5.97 Å². The quantitative estimate of drug-likeness (QED) is 0.231. The van der Waals surface area contributed by atoms with Gasteiger partial charge in [-0.15, -0.1) is 0 Å². The number of H-pyrrole nitrogens is 1. The second kappa shape index (κ2) is 6.32. The van der Waals surface area contributed by atoms with Gasteiger partial charge in [0.25, 0.3) is 0 Å². The summed E-state index contributed by atoms with van der Waals surface area (Å²) in [5.41, 5.74) is 10.3. The Balaban J connectivity index is 2.27. The van der Waals surface area contributed by atoms with Crippen LogP contribution in [0.3, 0.4) is 0 Å². The van der Waals surface area contributed by atoms with Crippen LogP contribution in [-0.2, 0) is 4.74 Å². The average molecular weight is 268 g/mol. The largest absolute Gasteiger partial charge is 0.465 e. The smallest absolute Gasteiger partial charge is 0.340 e. The third-order valence-electron chi connectivity index (χ3n) is 2.72. The first-order chi connectivity index (χ1) is 9.76. The molecule has 2 aromatic rings. The molecule has 0 saturated carbocycles. The van der Waals surface area contributed by atoms with E-state index in [0.29, 0.717) is 18.5 Å². The van der Waals surface area contributed by atoms with Gasteiger partial charge in [-0.1, -0.05) is 17.0 Å². The number of benzene rings is 1. The third kappa shape index (κ3) is 2.91. The van der Waals surface area contributed by atoms with E-state index < -0.39 is 0 Å². The maximum absolute atomic E-state index is 11.6. The van der Waals surface area contributed by atoms with Crippen molar-refractivity contribution in [1.29, 1.82) is 0 Å². The lowest BCUT2D eigenvalue weighted by Crippen LogP contribution is -1.99. The minimum Gasteiger partial charge on any atom is -0.465 e. The molecule has 1 N–H and O–H groups in total. The molecule has 1 heterocycles. The number of nitrogens with one attached hydrogen (secondary N) is 1. The van der Waals surface area contributed by atoms with Crippen LogP contribution in [0.1, 0.15) is 22.3 Å². The molecule has 2 rings (SSSR count). The molecule has 6 nitrogen and oxygen atoms in total. The van der Waals surface area contributed by atoms with Crippen molar-refractivity contribution in [3.05, 3.63) is 46.0 Å². The Morgan fingerprint density at radius 1 is 1.55 bits per heavy atom. The van der Waals surface area contributed by atoms with Gasteiger partial charge in [-0.05, 0) is 23.7 Å². The summed E-state index contributed by atoms with van der Waals surface area (Å²) in [4.78, 5) is 17.3. The summed E-state index contributed by atoms with van der Waals surface area (Å²) in [7, 11) is 1.35. The Bertz CT molecular complexity index is 745. The van der Waals surface area contributed by atoms with E-state index in [0.717, 1.165) is 16.5 Å². The lowest BCUT2D eigenvalue weighted by Gasteiger charge is -1.97. The van der Waals surface area contributed by atoms with Crippen LogP contribution in [0.4, 0.5) is 0 Å². The van der Waals surface area contributed by atoms with Crippen molar-refractivity contribution in [1.82, 2.24) is 4.98 Å². The Hall–Kier alpha value is -2.90. The maximum Gasteiger partial charge on any atom is 0.340 e. The van der Waals surface area contributed by atoms with Gasteiger partial charge in [0.2, 0.25) is 0 Å². The Morgan fingerprint density at radius 2 is 2.40 bits per heavy atom. The van der Waals surface area contributed by atoms with Crippen molar-refractivity contribution in [3.8, 4) is 11.8 Å². The van der Waals surface area contributed by atoms with Crippen LogP contribution < -0.4 is 0 Å². The number of esters is 1. The van der Waals surface area contributed by atoms with E-state index in [1.807, 2.05) is 18.2 Å². The molecule has 0 atom stereocenters. The van der Waals surface area contributed by atoms with E-state index in [4.69, 9.17) is 10.3 Å². The lowest BCUT2D eigenvalue weighted by atomic mass is 10.1.